The molecule has 4 rings (SSSR count). The average Bonchev–Trinajstić information content (AvgIpc) is 3.30. The van der Waals surface area contributed by atoms with Crippen molar-refractivity contribution in [2.75, 3.05) is 0 Å². The Morgan fingerprint density at radius 3 is 2.55 bits per heavy atom. The van der Waals surface area contributed by atoms with Gasteiger partial charge in [-0.25, -0.2) is 4.79 Å². The lowest BCUT2D eigenvalue weighted by Gasteiger charge is -2.11. The first kappa shape index (κ1) is 20.4. The molecule has 3 amide bonds. The van der Waals surface area contributed by atoms with Gasteiger partial charge in [0, 0.05) is 34.7 Å². The molecule has 1 N–H and O–H groups in total. The van der Waals surface area contributed by atoms with Crippen molar-refractivity contribution in [2.45, 2.75) is 13.5 Å². The van der Waals surface area contributed by atoms with Gasteiger partial charge in [-0.05, 0) is 48.4 Å². The zero-order chi connectivity index (χ0) is 22.1. The number of nitrogens with one attached hydrogen (secondary N) is 1. The van der Waals surface area contributed by atoms with E-state index in [1.54, 1.807) is 6.08 Å². The number of nitrogens with zero attached hydrogens (tertiary/aromatic N) is 3. The number of aryl methyl sites for hydroxylation is 1. The van der Waals surface area contributed by atoms with E-state index < -0.39 is 16.9 Å². The van der Waals surface area contributed by atoms with E-state index in [0.29, 0.717) is 16.3 Å². The van der Waals surface area contributed by atoms with Crippen LogP contribution < -0.4 is 5.32 Å². The molecule has 156 valence electrons. The molecule has 1 aromatic heterocycles. The Labute approximate surface area is 182 Å². The topological polar surface area (TPSA) is 97.5 Å². The summed E-state index contributed by atoms with van der Waals surface area (Å²) in [5.74, 6) is -0.474. The monoisotopic (exact) mass is 436 g/mol. The summed E-state index contributed by atoms with van der Waals surface area (Å²) in [7, 11) is 0. The Balaban J connectivity index is 1.57. The Kier molecular flexibility index (Phi) is 5.31. The van der Waals surface area contributed by atoms with Crippen molar-refractivity contribution < 1.29 is 14.5 Å². The van der Waals surface area contributed by atoms with Gasteiger partial charge >= 0.3 is 6.03 Å². The number of nitro groups is 1. The highest BCUT2D eigenvalue weighted by Gasteiger charge is 2.33. The lowest BCUT2D eigenvalue weighted by atomic mass is 10.2. The molecule has 0 bridgehead atoms. The van der Waals surface area contributed by atoms with Crippen molar-refractivity contribution in [3.05, 3.63) is 98.4 Å². The van der Waals surface area contributed by atoms with E-state index in [0.717, 1.165) is 16.2 Å². The summed E-state index contributed by atoms with van der Waals surface area (Å²) in [6, 6.07) is 14.5. The first-order valence-corrected chi connectivity index (χ1v) is 9.73. The van der Waals surface area contributed by atoms with E-state index in [2.05, 4.69) is 5.32 Å². The van der Waals surface area contributed by atoms with Gasteiger partial charge in [0.2, 0.25) is 0 Å². The van der Waals surface area contributed by atoms with Gasteiger partial charge in [0.25, 0.3) is 11.6 Å². The van der Waals surface area contributed by atoms with Crippen molar-refractivity contribution >= 4 is 35.3 Å². The third-order valence-electron chi connectivity index (χ3n) is 4.96. The molecule has 0 saturated carbocycles. The van der Waals surface area contributed by atoms with Gasteiger partial charge in [0.05, 0.1) is 11.5 Å². The fraction of sp³-hybridized carbons (Fsp3) is 0.0909. The molecular weight excluding hydrogens is 420 g/mol. The average molecular weight is 437 g/mol. The van der Waals surface area contributed by atoms with Crippen LogP contribution in [0.25, 0.3) is 11.8 Å². The highest BCUT2D eigenvalue weighted by molar-refractivity contribution is 6.31. The molecule has 0 atom stereocenters. The molecular formula is C22H17ClN4O4. The van der Waals surface area contributed by atoms with Gasteiger partial charge in [-0.15, -0.1) is 0 Å². The number of imide groups is 1. The van der Waals surface area contributed by atoms with Crippen LogP contribution in [-0.4, -0.2) is 26.3 Å². The van der Waals surface area contributed by atoms with Crippen LogP contribution in [0, 0.1) is 17.0 Å². The first-order chi connectivity index (χ1) is 14.8. The maximum Gasteiger partial charge on any atom is 0.329 e. The minimum absolute atomic E-state index is 0.00851. The number of nitro benzene ring substituents is 1. The summed E-state index contributed by atoms with van der Waals surface area (Å²) in [4.78, 5) is 36.5. The standard InChI is InChI=1S/C22H17ClN4O4/c1-14-4-7-18(11-19(14)23)25-10-2-3-17(25)12-20-21(28)26(22(29)24-20)13-15-5-8-16(9-6-15)27(30)31/h2-12H,13H2,1H3,(H,24,29)/b20-12-. The van der Waals surface area contributed by atoms with Gasteiger partial charge in [-0.1, -0.05) is 29.8 Å². The van der Waals surface area contributed by atoms with E-state index in [1.165, 1.54) is 24.3 Å². The number of amides is 3. The fourth-order valence-electron chi connectivity index (χ4n) is 3.25. The molecule has 1 fully saturated rings. The highest BCUT2D eigenvalue weighted by atomic mass is 35.5. The van der Waals surface area contributed by atoms with Crippen LogP contribution in [0.2, 0.25) is 5.02 Å². The molecule has 0 aliphatic carbocycles. The highest BCUT2D eigenvalue weighted by Crippen LogP contribution is 2.23. The number of benzene rings is 2. The number of rotatable bonds is 5. The normalized spacial score (nSPS) is 14.9. The second-order valence-electron chi connectivity index (χ2n) is 7.04. The molecule has 0 spiro atoms. The van der Waals surface area contributed by atoms with Crippen LogP contribution in [0.3, 0.4) is 0 Å². The first-order valence-electron chi connectivity index (χ1n) is 9.35. The van der Waals surface area contributed by atoms with E-state index >= 15 is 0 Å². The quantitative estimate of drug-likeness (QED) is 0.276. The SMILES string of the molecule is Cc1ccc(-n2cccc2/C=C2\NC(=O)N(Cc3ccc([N+](=O)[O-])cc3)C2=O)cc1Cl. The Hall–Kier alpha value is -3.91. The number of halogens is 1. The summed E-state index contributed by atoms with van der Waals surface area (Å²) in [6.45, 7) is 1.92. The molecule has 1 aliphatic heterocycles. The van der Waals surface area contributed by atoms with Crippen LogP contribution in [-0.2, 0) is 11.3 Å². The van der Waals surface area contributed by atoms with Gasteiger partial charge in [-0.3, -0.25) is 19.8 Å². The summed E-state index contributed by atoms with van der Waals surface area (Å²) < 4.78 is 1.86. The molecule has 0 unspecified atom stereocenters. The Morgan fingerprint density at radius 1 is 1.13 bits per heavy atom. The van der Waals surface area contributed by atoms with E-state index in [-0.39, 0.29) is 17.9 Å². The van der Waals surface area contributed by atoms with Crippen LogP contribution in [0.1, 0.15) is 16.8 Å². The Bertz CT molecular complexity index is 1230. The second kappa shape index (κ2) is 8.08. The minimum Gasteiger partial charge on any atom is -0.317 e. The summed E-state index contributed by atoms with van der Waals surface area (Å²) >= 11 is 6.23. The number of non-ortho nitro benzene ring substituents is 1. The van der Waals surface area contributed by atoms with E-state index in [4.69, 9.17) is 11.6 Å². The van der Waals surface area contributed by atoms with Gasteiger partial charge in [0.1, 0.15) is 5.70 Å². The van der Waals surface area contributed by atoms with Gasteiger partial charge in [0.15, 0.2) is 0 Å². The predicted octanol–water partition coefficient (Wildman–Crippen LogP) is 4.44. The number of carbonyl (C=O) groups is 2. The second-order valence-corrected chi connectivity index (χ2v) is 7.45. The molecule has 3 aromatic rings. The molecule has 1 aliphatic rings. The van der Waals surface area contributed by atoms with Crippen LogP contribution in [0.5, 0.6) is 0 Å². The lowest BCUT2D eigenvalue weighted by Crippen LogP contribution is -2.30. The molecule has 31 heavy (non-hydrogen) atoms. The third-order valence-corrected chi connectivity index (χ3v) is 5.36. The number of carbonyl (C=O) groups excluding carboxylic acids is 2. The van der Waals surface area contributed by atoms with E-state index in [1.807, 2.05) is 48.0 Å². The fourth-order valence-corrected chi connectivity index (χ4v) is 3.42. The molecule has 9 heteroatoms. The van der Waals surface area contributed by atoms with Crippen molar-refractivity contribution in [1.82, 2.24) is 14.8 Å². The van der Waals surface area contributed by atoms with Crippen molar-refractivity contribution in [3.8, 4) is 5.69 Å². The van der Waals surface area contributed by atoms with E-state index in [9.17, 15) is 19.7 Å². The van der Waals surface area contributed by atoms with Crippen molar-refractivity contribution in [3.63, 3.8) is 0 Å². The molecule has 2 aromatic carbocycles. The number of aromatic nitrogens is 1. The maximum absolute atomic E-state index is 12.8. The number of hydrogen-bond donors (Lipinski definition) is 1. The Morgan fingerprint density at radius 2 is 1.87 bits per heavy atom. The summed E-state index contributed by atoms with van der Waals surface area (Å²) in [6.07, 6.45) is 3.44. The maximum atomic E-state index is 12.8. The van der Waals surface area contributed by atoms with Crippen molar-refractivity contribution in [2.24, 2.45) is 0 Å². The zero-order valence-electron chi connectivity index (χ0n) is 16.4. The number of hydrogen-bond acceptors (Lipinski definition) is 4. The van der Waals surface area contributed by atoms with Crippen LogP contribution >= 0.6 is 11.6 Å². The number of urea groups is 1. The molecule has 8 nitrogen and oxygen atoms in total. The summed E-state index contributed by atoms with van der Waals surface area (Å²) in [5.41, 5.74) is 3.17. The van der Waals surface area contributed by atoms with Crippen LogP contribution in [0.4, 0.5) is 10.5 Å². The van der Waals surface area contributed by atoms with Gasteiger partial charge in [-0.2, -0.15) is 0 Å². The largest absolute Gasteiger partial charge is 0.329 e. The molecule has 0 radical (unpaired) electrons. The van der Waals surface area contributed by atoms with Crippen LogP contribution in [0.15, 0.2) is 66.5 Å². The zero-order valence-corrected chi connectivity index (χ0v) is 17.2. The molecule has 1 saturated heterocycles. The molecule has 2 heterocycles. The minimum atomic E-state index is -0.550. The lowest BCUT2D eigenvalue weighted by molar-refractivity contribution is -0.384. The predicted molar refractivity (Wildman–Crippen MR) is 116 cm³/mol. The summed E-state index contributed by atoms with van der Waals surface area (Å²) in [5, 5.41) is 14.0. The smallest absolute Gasteiger partial charge is 0.317 e. The third kappa shape index (κ3) is 4.06. The van der Waals surface area contributed by atoms with Crippen molar-refractivity contribution in [1.29, 1.82) is 0 Å². The van der Waals surface area contributed by atoms with Gasteiger partial charge < -0.3 is 9.88 Å².